The normalized spacial score (nSPS) is 14.3. The molecule has 0 atom stereocenters. The molecule has 23 heavy (non-hydrogen) atoms. The third-order valence-electron chi connectivity index (χ3n) is 3.92. The van der Waals surface area contributed by atoms with Crippen LogP contribution in [0.25, 0.3) is 10.9 Å². The van der Waals surface area contributed by atoms with Crippen LogP contribution in [-0.2, 0) is 13.1 Å². The Hall–Kier alpha value is -2.18. The molecule has 0 aliphatic heterocycles. The first-order valence-electron chi connectivity index (χ1n) is 7.80. The maximum atomic E-state index is 11.9. The number of rotatable bonds is 6. The molecule has 5 nitrogen and oxygen atoms in total. The molecule has 1 amide bonds. The van der Waals surface area contributed by atoms with Gasteiger partial charge in [-0.3, -0.25) is 4.79 Å². The second-order valence-electron chi connectivity index (χ2n) is 5.88. The number of H-pyrrole nitrogens is 1. The fourth-order valence-electron chi connectivity index (χ4n) is 2.51. The van der Waals surface area contributed by atoms with Gasteiger partial charge < -0.3 is 15.6 Å². The van der Waals surface area contributed by atoms with Gasteiger partial charge in [0, 0.05) is 36.2 Å². The van der Waals surface area contributed by atoms with Crippen LogP contribution < -0.4 is 10.6 Å². The zero-order valence-electron chi connectivity index (χ0n) is 12.6. The molecule has 118 valence electrons. The zero-order valence-corrected chi connectivity index (χ0v) is 13.5. The Morgan fingerprint density at radius 3 is 3.09 bits per heavy atom. The Labute approximate surface area is 138 Å². The fourth-order valence-corrected chi connectivity index (χ4v) is 3.25. The van der Waals surface area contributed by atoms with Gasteiger partial charge in [0.25, 0.3) is 5.91 Å². The Bertz CT molecular complexity index is 834. The summed E-state index contributed by atoms with van der Waals surface area (Å²) < 4.78 is 0. The number of nitrogens with one attached hydrogen (secondary N) is 3. The third kappa shape index (κ3) is 3.43. The molecule has 1 aliphatic carbocycles. The minimum absolute atomic E-state index is 0.0482. The van der Waals surface area contributed by atoms with E-state index in [4.69, 9.17) is 0 Å². The van der Waals surface area contributed by atoms with Crippen molar-refractivity contribution in [1.29, 1.82) is 0 Å². The largest absolute Gasteiger partial charge is 0.361 e. The van der Waals surface area contributed by atoms with Gasteiger partial charge in [-0.1, -0.05) is 6.07 Å². The van der Waals surface area contributed by atoms with Crippen molar-refractivity contribution in [3.05, 3.63) is 52.1 Å². The maximum Gasteiger partial charge on any atom is 0.270 e. The van der Waals surface area contributed by atoms with E-state index in [1.165, 1.54) is 22.3 Å². The van der Waals surface area contributed by atoms with E-state index in [2.05, 4.69) is 44.9 Å². The Balaban J connectivity index is 1.31. The van der Waals surface area contributed by atoms with Gasteiger partial charge in [-0.15, -0.1) is 11.3 Å². The average molecular weight is 326 g/mol. The number of fused-ring (bicyclic) bond motifs is 1. The van der Waals surface area contributed by atoms with Gasteiger partial charge in [-0.2, -0.15) is 0 Å². The highest BCUT2D eigenvalue weighted by molar-refractivity contribution is 7.09. The molecule has 1 fully saturated rings. The van der Waals surface area contributed by atoms with E-state index in [0.29, 0.717) is 18.3 Å². The average Bonchev–Trinajstić information content (AvgIpc) is 3.06. The summed E-state index contributed by atoms with van der Waals surface area (Å²) in [5.41, 5.74) is 2.92. The molecule has 0 unspecified atom stereocenters. The predicted octanol–water partition coefficient (Wildman–Crippen LogP) is 2.81. The van der Waals surface area contributed by atoms with E-state index in [1.807, 2.05) is 11.6 Å². The molecule has 0 radical (unpaired) electrons. The monoisotopic (exact) mass is 326 g/mol. The summed E-state index contributed by atoms with van der Waals surface area (Å²) in [5.74, 6) is -0.0482. The Kier molecular flexibility index (Phi) is 3.85. The molecule has 1 aromatic carbocycles. The highest BCUT2D eigenvalue weighted by atomic mass is 32.1. The van der Waals surface area contributed by atoms with Crippen molar-refractivity contribution in [2.45, 2.75) is 32.0 Å². The number of amides is 1. The van der Waals surface area contributed by atoms with Crippen LogP contribution in [0.15, 0.2) is 35.8 Å². The first kappa shape index (κ1) is 14.4. The van der Waals surface area contributed by atoms with E-state index < -0.39 is 0 Å². The molecular weight excluding hydrogens is 308 g/mol. The van der Waals surface area contributed by atoms with Gasteiger partial charge in [0.05, 0.1) is 0 Å². The predicted molar refractivity (Wildman–Crippen MR) is 91.4 cm³/mol. The van der Waals surface area contributed by atoms with Crippen molar-refractivity contribution in [2.24, 2.45) is 0 Å². The van der Waals surface area contributed by atoms with Crippen molar-refractivity contribution < 1.29 is 4.79 Å². The van der Waals surface area contributed by atoms with Gasteiger partial charge in [-0.25, -0.2) is 4.98 Å². The summed E-state index contributed by atoms with van der Waals surface area (Å²) in [5, 5.41) is 10.3. The highest BCUT2D eigenvalue weighted by Gasteiger charge is 2.24. The van der Waals surface area contributed by atoms with Crippen LogP contribution >= 0.6 is 11.3 Å². The smallest absolute Gasteiger partial charge is 0.270 e. The number of thiazole rings is 1. The van der Waals surface area contributed by atoms with Crippen molar-refractivity contribution >= 4 is 28.1 Å². The lowest BCUT2D eigenvalue weighted by molar-refractivity contribution is 0.0946. The molecule has 4 rings (SSSR count). The summed E-state index contributed by atoms with van der Waals surface area (Å²) in [6.45, 7) is 1.46. The van der Waals surface area contributed by atoms with E-state index >= 15 is 0 Å². The van der Waals surface area contributed by atoms with Gasteiger partial charge in [0.1, 0.15) is 10.7 Å². The lowest BCUT2D eigenvalue weighted by atomic mass is 10.1. The molecule has 0 bridgehead atoms. The van der Waals surface area contributed by atoms with Crippen molar-refractivity contribution in [3.63, 3.8) is 0 Å². The van der Waals surface area contributed by atoms with Gasteiger partial charge >= 0.3 is 0 Å². The molecule has 3 N–H and O–H groups in total. The number of aromatic nitrogens is 2. The number of carbonyl (C=O) groups excluding carboxylic acids is 1. The first-order chi connectivity index (χ1) is 11.3. The Morgan fingerprint density at radius 1 is 1.30 bits per heavy atom. The topological polar surface area (TPSA) is 69.8 Å². The van der Waals surface area contributed by atoms with Gasteiger partial charge in [0.15, 0.2) is 0 Å². The number of aromatic amines is 1. The molecule has 2 heterocycles. The minimum atomic E-state index is -0.0482. The summed E-state index contributed by atoms with van der Waals surface area (Å²) in [6.07, 6.45) is 4.14. The van der Waals surface area contributed by atoms with Crippen molar-refractivity contribution in [2.75, 3.05) is 0 Å². The molecule has 2 aromatic heterocycles. The van der Waals surface area contributed by atoms with Crippen LogP contribution in [0.2, 0.25) is 0 Å². The molecule has 0 saturated heterocycles. The molecular formula is C17H18N4OS. The lowest BCUT2D eigenvalue weighted by Crippen LogP contribution is -2.25. The van der Waals surface area contributed by atoms with Crippen molar-refractivity contribution in [1.82, 2.24) is 20.6 Å². The number of hydrogen-bond donors (Lipinski definition) is 3. The second-order valence-corrected chi connectivity index (χ2v) is 6.82. The third-order valence-corrected chi connectivity index (χ3v) is 4.77. The quantitative estimate of drug-likeness (QED) is 0.652. The molecule has 0 spiro atoms. The van der Waals surface area contributed by atoms with Gasteiger partial charge in [-0.05, 0) is 42.0 Å². The number of benzene rings is 1. The van der Waals surface area contributed by atoms with E-state index in [1.54, 1.807) is 0 Å². The maximum absolute atomic E-state index is 11.9. The van der Waals surface area contributed by atoms with E-state index in [-0.39, 0.29) is 5.91 Å². The Morgan fingerprint density at radius 2 is 2.22 bits per heavy atom. The van der Waals surface area contributed by atoms with Crippen molar-refractivity contribution in [3.8, 4) is 0 Å². The summed E-state index contributed by atoms with van der Waals surface area (Å²) >= 11 is 1.52. The molecule has 1 aliphatic rings. The summed E-state index contributed by atoms with van der Waals surface area (Å²) in [4.78, 5) is 19.5. The SMILES string of the molecule is O=C(NC1CC1)c1csc(CNCc2ccc3[nH]ccc3c2)n1. The highest BCUT2D eigenvalue weighted by Crippen LogP contribution is 2.20. The van der Waals surface area contributed by atoms with E-state index in [0.717, 1.165) is 29.9 Å². The van der Waals surface area contributed by atoms with Crippen LogP contribution in [0.3, 0.4) is 0 Å². The summed E-state index contributed by atoms with van der Waals surface area (Å²) in [7, 11) is 0. The summed E-state index contributed by atoms with van der Waals surface area (Å²) in [6, 6.07) is 8.83. The van der Waals surface area contributed by atoms with Gasteiger partial charge in [0.2, 0.25) is 0 Å². The lowest BCUT2D eigenvalue weighted by Gasteiger charge is -2.03. The standard InChI is InChI=1S/C17H18N4OS/c22-17(20-13-2-3-13)15-10-23-16(21-15)9-18-8-11-1-4-14-12(7-11)5-6-19-14/h1,4-7,10,13,18-19H,2-3,8-9H2,(H,20,22). The molecule has 1 saturated carbocycles. The number of nitrogens with zero attached hydrogens (tertiary/aromatic N) is 1. The van der Waals surface area contributed by atoms with Crippen LogP contribution in [0.4, 0.5) is 0 Å². The molecule has 6 heteroatoms. The van der Waals surface area contributed by atoms with Crippen LogP contribution in [0.5, 0.6) is 0 Å². The first-order valence-corrected chi connectivity index (χ1v) is 8.68. The number of carbonyl (C=O) groups is 1. The second kappa shape index (κ2) is 6.14. The fraction of sp³-hybridized carbons (Fsp3) is 0.294. The zero-order chi connectivity index (χ0) is 15.6. The van der Waals surface area contributed by atoms with Crippen LogP contribution in [0.1, 0.15) is 33.9 Å². The van der Waals surface area contributed by atoms with E-state index in [9.17, 15) is 4.79 Å². The number of hydrogen-bond acceptors (Lipinski definition) is 4. The van der Waals surface area contributed by atoms with Crippen LogP contribution in [0, 0.1) is 0 Å². The minimum Gasteiger partial charge on any atom is -0.361 e. The molecule has 3 aromatic rings. The van der Waals surface area contributed by atoms with Crippen LogP contribution in [-0.4, -0.2) is 21.9 Å².